The lowest BCUT2D eigenvalue weighted by atomic mass is 9.80. The zero-order valence-electron chi connectivity index (χ0n) is 7.94. The van der Waals surface area contributed by atoms with Crippen molar-refractivity contribution in [2.24, 2.45) is 5.92 Å². The van der Waals surface area contributed by atoms with Crippen LogP contribution in [0.1, 0.15) is 35.2 Å². The third-order valence-electron chi connectivity index (χ3n) is 2.87. The average molecular weight is 191 g/mol. The number of carboxylic acid groups (broad SMARTS) is 1. The normalized spacial score (nSPS) is 16.3. The fourth-order valence-corrected chi connectivity index (χ4v) is 1.81. The summed E-state index contributed by atoms with van der Waals surface area (Å²) in [5, 5.41) is 8.94. The number of pyridine rings is 1. The van der Waals surface area contributed by atoms with Crippen LogP contribution in [0.4, 0.5) is 0 Å². The summed E-state index contributed by atoms with van der Waals surface area (Å²) in [6, 6.07) is 1.58. The number of aromatic nitrogens is 1. The fraction of sp³-hybridized carbons (Fsp3) is 0.455. The van der Waals surface area contributed by atoms with Gasteiger partial charge in [0.2, 0.25) is 0 Å². The molecule has 1 heterocycles. The Labute approximate surface area is 82.8 Å². The van der Waals surface area contributed by atoms with Crippen molar-refractivity contribution in [2.75, 3.05) is 0 Å². The molecule has 1 fully saturated rings. The number of carboxylic acids is 1. The molecule has 0 amide bonds. The van der Waals surface area contributed by atoms with Crippen LogP contribution in [0.5, 0.6) is 0 Å². The van der Waals surface area contributed by atoms with Crippen molar-refractivity contribution in [3.63, 3.8) is 0 Å². The Kier molecular flexibility index (Phi) is 2.48. The van der Waals surface area contributed by atoms with Crippen molar-refractivity contribution in [1.82, 2.24) is 4.98 Å². The molecule has 1 N–H and O–H groups in total. The van der Waals surface area contributed by atoms with Crippen LogP contribution >= 0.6 is 0 Å². The molecule has 1 saturated carbocycles. The van der Waals surface area contributed by atoms with Crippen LogP contribution in [0, 0.1) is 5.92 Å². The van der Waals surface area contributed by atoms with Crippen molar-refractivity contribution in [3.8, 4) is 0 Å². The van der Waals surface area contributed by atoms with Gasteiger partial charge < -0.3 is 5.11 Å². The highest BCUT2D eigenvalue weighted by Gasteiger charge is 2.20. The molecular weight excluding hydrogens is 178 g/mol. The predicted octanol–water partition coefficient (Wildman–Crippen LogP) is 2.12. The molecule has 0 radical (unpaired) electrons. The molecule has 2 rings (SSSR count). The lowest BCUT2D eigenvalue weighted by Crippen LogP contribution is -2.16. The molecule has 0 aromatic carbocycles. The minimum absolute atomic E-state index is 0.409. The van der Waals surface area contributed by atoms with E-state index in [9.17, 15) is 4.79 Å². The first-order valence-electron chi connectivity index (χ1n) is 4.93. The van der Waals surface area contributed by atoms with Crippen LogP contribution in [0.15, 0.2) is 18.5 Å². The number of hydrogen-bond donors (Lipinski definition) is 1. The molecule has 14 heavy (non-hydrogen) atoms. The summed E-state index contributed by atoms with van der Waals surface area (Å²) in [4.78, 5) is 14.9. The third kappa shape index (κ3) is 1.76. The third-order valence-corrected chi connectivity index (χ3v) is 2.87. The second-order valence-corrected chi connectivity index (χ2v) is 3.84. The van der Waals surface area contributed by atoms with E-state index in [0.29, 0.717) is 11.5 Å². The van der Waals surface area contributed by atoms with Crippen molar-refractivity contribution in [2.45, 2.75) is 25.7 Å². The van der Waals surface area contributed by atoms with Gasteiger partial charge in [-0.05, 0) is 24.0 Å². The molecule has 74 valence electrons. The quantitative estimate of drug-likeness (QED) is 0.796. The van der Waals surface area contributed by atoms with E-state index in [1.54, 1.807) is 12.3 Å². The van der Waals surface area contributed by atoms with Crippen LogP contribution in [0.25, 0.3) is 0 Å². The molecule has 3 nitrogen and oxygen atoms in total. The number of aromatic carboxylic acids is 1. The van der Waals surface area contributed by atoms with Gasteiger partial charge in [0.05, 0.1) is 5.56 Å². The predicted molar refractivity (Wildman–Crippen MR) is 52.2 cm³/mol. The summed E-state index contributed by atoms with van der Waals surface area (Å²) in [6.45, 7) is 0. The molecule has 0 atom stereocenters. The highest BCUT2D eigenvalue weighted by Crippen LogP contribution is 2.30. The molecular formula is C11H13NO2. The Morgan fingerprint density at radius 3 is 2.93 bits per heavy atom. The van der Waals surface area contributed by atoms with E-state index in [0.717, 1.165) is 12.0 Å². The Morgan fingerprint density at radius 2 is 2.36 bits per heavy atom. The molecule has 0 aliphatic heterocycles. The van der Waals surface area contributed by atoms with E-state index >= 15 is 0 Å². The van der Waals surface area contributed by atoms with Crippen LogP contribution in [-0.4, -0.2) is 16.1 Å². The van der Waals surface area contributed by atoms with Gasteiger partial charge in [-0.3, -0.25) is 4.98 Å². The lowest BCUT2D eigenvalue weighted by Gasteiger charge is -2.25. The monoisotopic (exact) mass is 191 g/mol. The maximum absolute atomic E-state index is 10.9. The summed E-state index contributed by atoms with van der Waals surface area (Å²) in [7, 11) is 0. The molecule has 0 saturated heterocycles. The van der Waals surface area contributed by atoms with Gasteiger partial charge in [-0.25, -0.2) is 4.79 Å². The van der Waals surface area contributed by atoms with E-state index in [-0.39, 0.29) is 0 Å². The van der Waals surface area contributed by atoms with Gasteiger partial charge in [0.25, 0.3) is 0 Å². The van der Waals surface area contributed by atoms with Gasteiger partial charge in [-0.2, -0.15) is 0 Å². The van der Waals surface area contributed by atoms with E-state index < -0.39 is 5.97 Å². The molecule has 1 aliphatic rings. The smallest absolute Gasteiger partial charge is 0.336 e. The van der Waals surface area contributed by atoms with Crippen molar-refractivity contribution >= 4 is 5.97 Å². The molecule has 1 aromatic heterocycles. The minimum Gasteiger partial charge on any atom is -0.478 e. The van der Waals surface area contributed by atoms with E-state index in [1.807, 2.05) is 0 Å². The molecule has 1 aliphatic carbocycles. The highest BCUT2D eigenvalue weighted by atomic mass is 16.4. The maximum atomic E-state index is 10.9. The van der Waals surface area contributed by atoms with Crippen LogP contribution < -0.4 is 0 Å². The second kappa shape index (κ2) is 3.78. The molecule has 3 heteroatoms. The first-order valence-corrected chi connectivity index (χ1v) is 4.93. The Morgan fingerprint density at radius 1 is 1.57 bits per heavy atom. The van der Waals surface area contributed by atoms with Gasteiger partial charge in [-0.1, -0.05) is 19.3 Å². The van der Waals surface area contributed by atoms with E-state index in [1.165, 1.54) is 25.5 Å². The lowest BCUT2D eigenvalue weighted by molar-refractivity contribution is 0.0695. The number of nitrogens with zero attached hydrogens (tertiary/aromatic N) is 1. The van der Waals surface area contributed by atoms with Crippen LogP contribution in [0.3, 0.4) is 0 Å². The van der Waals surface area contributed by atoms with Crippen molar-refractivity contribution in [1.29, 1.82) is 0 Å². The molecule has 0 spiro atoms. The zero-order valence-corrected chi connectivity index (χ0v) is 7.94. The topological polar surface area (TPSA) is 50.2 Å². The highest BCUT2D eigenvalue weighted by molar-refractivity contribution is 5.89. The average Bonchev–Trinajstić information content (AvgIpc) is 2.12. The number of rotatable bonds is 3. The van der Waals surface area contributed by atoms with Gasteiger partial charge in [-0.15, -0.1) is 0 Å². The SMILES string of the molecule is O=C(O)c1ccncc1CC1CCC1. The summed E-state index contributed by atoms with van der Waals surface area (Å²) < 4.78 is 0. The molecule has 0 unspecified atom stereocenters. The van der Waals surface area contributed by atoms with Gasteiger partial charge in [0.15, 0.2) is 0 Å². The zero-order chi connectivity index (χ0) is 9.97. The first-order chi connectivity index (χ1) is 6.77. The van der Waals surface area contributed by atoms with Crippen molar-refractivity contribution < 1.29 is 9.90 Å². The van der Waals surface area contributed by atoms with E-state index in [2.05, 4.69) is 4.98 Å². The molecule has 1 aromatic rings. The van der Waals surface area contributed by atoms with E-state index in [4.69, 9.17) is 5.11 Å². The van der Waals surface area contributed by atoms with Gasteiger partial charge >= 0.3 is 5.97 Å². The standard InChI is InChI=1S/C11H13NO2/c13-11(14)10-4-5-12-7-9(10)6-8-2-1-3-8/h4-5,7-8H,1-3,6H2,(H,13,14). The summed E-state index contributed by atoms with van der Waals surface area (Å²) >= 11 is 0. The fourth-order valence-electron chi connectivity index (χ4n) is 1.81. The molecule has 0 bridgehead atoms. The summed E-state index contributed by atoms with van der Waals surface area (Å²) in [6.07, 6.45) is 7.83. The summed E-state index contributed by atoms with van der Waals surface area (Å²) in [5.41, 5.74) is 1.29. The van der Waals surface area contributed by atoms with Gasteiger partial charge in [0, 0.05) is 12.4 Å². The van der Waals surface area contributed by atoms with Crippen molar-refractivity contribution in [3.05, 3.63) is 29.6 Å². The number of carbonyl (C=O) groups is 1. The van der Waals surface area contributed by atoms with Crippen LogP contribution in [-0.2, 0) is 6.42 Å². The summed E-state index contributed by atoms with van der Waals surface area (Å²) in [5.74, 6) is -0.168. The number of hydrogen-bond acceptors (Lipinski definition) is 2. The Hall–Kier alpha value is -1.38. The first kappa shape index (κ1) is 9.19. The Balaban J connectivity index is 2.17. The minimum atomic E-state index is -0.846. The van der Waals surface area contributed by atoms with Gasteiger partial charge in [0.1, 0.15) is 0 Å². The largest absolute Gasteiger partial charge is 0.478 e. The Bertz CT molecular complexity index is 345. The maximum Gasteiger partial charge on any atom is 0.336 e. The van der Waals surface area contributed by atoms with Crippen LogP contribution in [0.2, 0.25) is 0 Å². The second-order valence-electron chi connectivity index (χ2n) is 3.84.